The van der Waals surface area contributed by atoms with Crippen molar-refractivity contribution < 1.29 is 0 Å². The van der Waals surface area contributed by atoms with Crippen molar-refractivity contribution >= 4 is 11.6 Å². The van der Waals surface area contributed by atoms with E-state index >= 15 is 0 Å². The van der Waals surface area contributed by atoms with Crippen molar-refractivity contribution in [1.82, 2.24) is 10.2 Å². The number of aromatic amines is 1. The summed E-state index contributed by atoms with van der Waals surface area (Å²) < 4.78 is 0. The number of benzene rings is 1. The Morgan fingerprint density at radius 2 is 2.21 bits per heavy atom. The molecule has 0 aliphatic carbocycles. The SMILES string of the molecule is CCc1c(Cl)cccc1-c1ccn[nH]1. The van der Waals surface area contributed by atoms with E-state index in [-0.39, 0.29) is 0 Å². The van der Waals surface area contributed by atoms with Crippen LogP contribution in [0.2, 0.25) is 5.02 Å². The first-order valence-electron chi connectivity index (χ1n) is 4.60. The van der Waals surface area contributed by atoms with E-state index in [0.29, 0.717) is 0 Å². The molecule has 0 atom stereocenters. The highest BCUT2D eigenvalue weighted by atomic mass is 35.5. The van der Waals surface area contributed by atoms with Crippen molar-refractivity contribution in [3.05, 3.63) is 41.0 Å². The molecule has 0 aliphatic heterocycles. The van der Waals surface area contributed by atoms with Gasteiger partial charge in [0.25, 0.3) is 0 Å². The average molecular weight is 207 g/mol. The molecule has 0 spiro atoms. The van der Waals surface area contributed by atoms with Crippen molar-refractivity contribution in [1.29, 1.82) is 0 Å². The molecule has 0 radical (unpaired) electrons. The third kappa shape index (κ3) is 1.53. The summed E-state index contributed by atoms with van der Waals surface area (Å²) in [5.74, 6) is 0. The first kappa shape index (κ1) is 9.28. The van der Waals surface area contributed by atoms with E-state index < -0.39 is 0 Å². The van der Waals surface area contributed by atoms with E-state index in [9.17, 15) is 0 Å². The number of aromatic nitrogens is 2. The first-order chi connectivity index (χ1) is 6.83. The first-order valence-corrected chi connectivity index (χ1v) is 4.98. The van der Waals surface area contributed by atoms with Crippen LogP contribution >= 0.6 is 11.6 Å². The summed E-state index contributed by atoms with van der Waals surface area (Å²) in [6.45, 7) is 2.10. The molecular weight excluding hydrogens is 196 g/mol. The Hall–Kier alpha value is -1.28. The third-order valence-electron chi connectivity index (χ3n) is 2.26. The molecular formula is C11H11ClN2. The topological polar surface area (TPSA) is 28.7 Å². The van der Waals surface area contributed by atoms with E-state index in [1.54, 1.807) is 6.20 Å². The molecule has 0 aliphatic rings. The molecule has 2 aromatic rings. The lowest BCUT2D eigenvalue weighted by atomic mass is 10.0. The van der Waals surface area contributed by atoms with Gasteiger partial charge in [-0.3, -0.25) is 5.10 Å². The Kier molecular flexibility index (Phi) is 2.55. The molecule has 0 fully saturated rings. The van der Waals surface area contributed by atoms with Gasteiger partial charge in [-0.1, -0.05) is 30.7 Å². The largest absolute Gasteiger partial charge is 0.278 e. The van der Waals surface area contributed by atoms with Crippen LogP contribution in [-0.4, -0.2) is 10.2 Å². The van der Waals surface area contributed by atoms with Crippen molar-refractivity contribution in [2.75, 3.05) is 0 Å². The van der Waals surface area contributed by atoms with E-state index in [4.69, 9.17) is 11.6 Å². The van der Waals surface area contributed by atoms with Crippen LogP contribution in [0.3, 0.4) is 0 Å². The smallest absolute Gasteiger partial charge is 0.0653 e. The molecule has 1 heterocycles. The molecule has 3 heteroatoms. The molecule has 1 aromatic heterocycles. The zero-order valence-corrected chi connectivity index (χ0v) is 8.67. The maximum Gasteiger partial charge on any atom is 0.0653 e. The zero-order valence-electron chi connectivity index (χ0n) is 7.92. The van der Waals surface area contributed by atoms with Gasteiger partial charge in [0.1, 0.15) is 0 Å². The lowest BCUT2D eigenvalue weighted by molar-refractivity contribution is 1.08. The van der Waals surface area contributed by atoms with Crippen LogP contribution < -0.4 is 0 Å². The van der Waals surface area contributed by atoms with E-state index in [0.717, 1.165) is 22.7 Å². The molecule has 0 amide bonds. The Bertz CT molecular complexity index is 421. The molecule has 2 rings (SSSR count). The lowest BCUT2D eigenvalue weighted by Crippen LogP contribution is -1.89. The number of nitrogens with one attached hydrogen (secondary N) is 1. The highest BCUT2D eigenvalue weighted by molar-refractivity contribution is 6.31. The van der Waals surface area contributed by atoms with Crippen LogP contribution in [0, 0.1) is 0 Å². The summed E-state index contributed by atoms with van der Waals surface area (Å²) in [5.41, 5.74) is 3.32. The predicted octanol–water partition coefficient (Wildman–Crippen LogP) is 3.29. The van der Waals surface area contributed by atoms with Crippen LogP contribution in [0.1, 0.15) is 12.5 Å². The molecule has 2 nitrogen and oxygen atoms in total. The predicted molar refractivity (Wildman–Crippen MR) is 58.4 cm³/mol. The number of nitrogens with zero attached hydrogens (tertiary/aromatic N) is 1. The van der Waals surface area contributed by atoms with Gasteiger partial charge in [0.05, 0.1) is 5.69 Å². The Labute approximate surface area is 87.9 Å². The fourth-order valence-electron chi connectivity index (χ4n) is 1.58. The van der Waals surface area contributed by atoms with Crippen LogP contribution in [0.4, 0.5) is 0 Å². The third-order valence-corrected chi connectivity index (χ3v) is 2.62. The van der Waals surface area contributed by atoms with E-state index in [1.807, 2.05) is 18.2 Å². The highest BCUT2D eigenvalue weighted by Crippen LogP contribution is 2.27. The number of halogens is 1. The number of hydrogen-bond donors (Lipinski definition) is 1. The molecule has 0 saturated heterocycles. The average Bonchev–Trinajstić information content (AvgIpc) is 2.70. The molecule has 1 N–H and O–H groups in total. The van der Waals surface area contributed by atoms with Gasteiger partial charge in [-0.25, -0.2) is 0 Å². The summed E-state index contributed by atoms with van der Waals surface area (Å²) in [4.78, 5) is 0. The van der Waals surface area contributed by atoms with Gasteiger partial charge in [-0.15, -0.1) is 0 Å². The molecule has 0 bridgehead atoms. The lowest BCUT2D eigenvalue weighted by Gasteiger charge is -2.07. The number of hydrogen-bond acceptors (Lipinski definition) is 1. The second kappa shape index (κ2) is 3.84. The summed E-state index contributed by atoms with van der Waals surface area (Å²) in [5, 5.41) is 7.70. The van der Waals surface area contributed by atoms with Gasteiger partial charge >= 0.3 is 0 Å². The quantitative estimate of drug-likeness (QED) is 0.803. The van der Waals surface area contributed by atoms with Gasteiger partial charge in [-0.05, 0) is 24.1 Å². The Morgan fingerprint density at radius 1 is 1.36 bits per heavy atom. The molecule has 72 valence electrons. The Morgan fingerprint density at radius 3 is 2.86 bits per heavy atom. The van der Waals surface area contributed by atoms with Crippen molar-refractivity contribution in [2.24, 2.45) is 0 Å². The van der Waals surface area contributed by atoms with Crippen LogP contribution in [0.25, 0.3) is 11.3 Å². The van der Waals surface area contributed by atoms with Gasteiger partial charge < -0.3 is 0 Å². The maximum absolute atomic E-state index is 6.11. The second-order valence-corrected chi connectivity index (χ2v) is 3.50. The van der Waals surface area contributed by atoms with Crippen LogP contribution in [-0.2, 0) is 6.42 Å². The zero-order chi connectivity index (χ0) is 9.97. The van der Waals surface area contributed by atoms with Crippen molar-refractivity contribution in [2.45, 2.75) is 13.3 Å². The van der Waals surface area contributed by atoms with Crippen molar-refractivity contribution in [3.63, 3.8) is 0 Å². The van der Waals surface area contributed by atoms with Gasteiger partial charge in [0, 0.05) is 16.8 Å². The van der Waals surface area contributed by atoms with Crippen LogP contribution in [0.5, 0.6) is 0 Å². The highest BCUT2D eigenvalue weighted by Gasteiger charge is 2.07. The minimum atomic E-state index is 0.819. The summed E-state index contributed by atoms with van der Waals surface area (Å²) in [7, 11) is 0. The van der Waals surface area contributed by atoms with Gasteiger partial charge in [0.15, 0.2) is 0 Å². The second-order valence-electron chi connectivity index (χ2n) is 3.09. The van der Waals surface area contributed by atoms with Crippen LogP contribution in [0.15, 0.2) is 30.5 Å². The minimum absolute atomic E-state index is 0.819. The fourth-order valence-corrected chi connectivity index (χ4v) is 1.88. The fraction of sp³-hybridized carbons (Fsp3) is 0.182. The monoisotopic (exact) mass is 206 g/mol. The van der Waals surface area contributed by atoms with Crippen molar-refractivity contribution in [3.8, 4) is 11.3 Å². The summed E-state index contributed by atoms with van der Waals surface area (Å²) in [6.07, 6.45) is 2.67. The van der Waals surface area contributed by atoms with E-state index in [2.05, 4.69) is 23.2 Å². The molecule has 0 unspecified atom stereocenters. The number of H-pyrrole nitrogens is 1. The molecule has 14 heavy (non-hydrogen) atoms. The minimum Gasteiger partial charge on any atom is -0.278 e. The Balaban J connectivity index is 2.58. The maximum atomic E-state index is 6.11. The van der Waals surface area contributed by atoms with Gasteiger partial charge in [0.2, 0.25) is 0 Å². The van der Waals surface area contributed by atoms with E-state index in [1.165, 1.54) is 5.56 Å². The normalized spacial score (nSPS) is 10.4. The molecule has 0 saturated carbocycles. The summed E-state index contributed by atoms with van der Waals surface area (Å²) >= 11 is 6.11. The van der Waals surface area contributed by atoms with Gasteiger partial charge in [-0.2, -0.15) is 5.10 Å². The number of rotatable bonds is 2. The standard InChI is InChI=1S/C11H11ClN2/c1-2-8-9(4-3-5-10(8)12)11-6-7-13-14-11/h3-7H,2H2,1H3,(H,13,14). The molecule has 1 aromatic carbocycles. The summed E-state index contributed by atoms with van der Waals surface area (Å²) in [6, 6.07) is 7.88.